The SMILES string of the molecule is CCN(Cc1ccccc1C)C(=O)[C@@H]1CCCCN1.Cl. The van der Waals surface area contributed by atoms with Crippen molar-refractivity contribution in [1.82, 2.24) is 10.2 Å². The largest absolute Gasteiger partial charge is 0.337 e. The van der Waals surface area contributed by atoms with E-state index < -0.39 is 0 Å². The average molecular weight is 297 g/mol. The fourth-order valence-corrected chi connectivity index (χ4v) is 2.62. The average Bonchev–Trinajstić information content (AvgIpc) is 2.47. The Balaban J connectivity index is 0.00000200. The maximum Gasteiger partial charge on any atom is 0.239 e. The van der Waals surface area contributed by atoms with Gasteiger partial charge in [-0.1, -0.05) is 30.7 Å². The molecular weight excluding hydrogens is 272 g/mol. The van der Waals surface area contributed by atoms with Crippen LogP contribution in [0.25, 0.3) is 0 Å². The van der Waals surface area contributed by atoms with Crippen molar-refractivity contribution >= 4 is 18.3 Å². The quantitative estimate of drug-likeness (QED) is 0.926. The Kier molecular flexibility index (Phi) is 7.03. The summed E-state index contributed by atoms with van der Waals surface area (Å²) in [5.41, 5.74) is 2.50. The van der Waals surface area contributed by atoms with Crippen LogP contribution < -0.4 is 5.32 Å². The van der Waals surface area contributed by atoms with Gasteiger partial charge in [0.15, 0.2) is 0 Å². The standard InChI is InChI=1S/C16H24N2O.ClH/c1-3-18(12-14-9-5-4-8-13(14)2)16(19)15-10-6-7-11-17-15;/h4-5,8-9,15,17H,3,6-7,10-12H2,1-2H3;1H/t15-;/m0./s1. The smallest absolute Gasteiger partial charge is 0.239 e. The van der Waals surface area contributed by atoms with E-state index in [9.17, 15) is 4.79 Å². The molecule has 1 amide bonds. The van der Waals surface area contributed by atoms with Crippen LogP contribution in [-0.2, 0) is 11.3 Å². The predicted octanol–water partition coefficient (Wildman–Crippen LogP) is 2.91. The van der Waals surface area contributed by atoms with Gasteiger partial charge in [0.2, 0.25) is 5.91 Å². The monoisotopic (exact) mass is 296 g/mol. The number of aryl methyl sites for hydroxylation is 1. The van der Waals surface area contributed by atoms with Crippen molar-refractivity contribution in [1.29, 1.82) is 0 Å². The fourth-order valence-electron chi connectivity index (χ4n) is 2.62. The summed E-state index contributed by atoms with van der Waals surface area (Å²) in [4.78, 5) is 14.5. The molecule has 1 aliphatic rings. The van der Waals surface area contributed by atoms with Gasteiger partial charge in [-0.3, -0.25) is 4.79 Å². The second-order valence-electron chi connectivity index (χ2n) is 5.28. The summed E-state index contributed by atoms with van der Waals surface area (Å²) >= 11 is 0. The summed E-state index contributed by atoms with van der Waals surface area (Å²) in [7, 11) is 0. The number of likely N-dealkylation sites (N-methyl/N-ethyl adjacent to an activating group) is 1. The maximum absolute atomic E-state index is 12.5. The molecule has 1 aliphatic heterocycles. The minimum Gasteiger partial charge on any atom is -0.337 e. The van der Waals surface area contributed by atoms with E-state index in [4.69, 9.17) is 0 Å². The lowest BCUT2D eigenvalue weighted by molar-refractivity contribution is -0.134. The van der Waals surface area contributed by atoms with Gasteiger partial charge in [0.25, 0.3) is 0 Å². The van der Waals surface area contributed by atoms with Crippen molar-refractivity contribution < 1.29 is 4.79 Å². The number of carbonyl (C=O) groups is 1. The van der Waals surface area contributed by atoms with Crippen LogP contribution in [0.15, 0.2) is 24.3 Å². The van der Waals surface area contributed by atoms with Gasteiger partial charge in [0, 0.05) is 13.1 Å². The third-order valence-corrected chi connectivity index (χ3v) is 3.92. The van der Waals surface area contributed by atoms with Gasteiger partial charge < -0.3 is 10.2 Å². The summed E-state index contributed by atoms with van der Waals surface area (Å²) in [5.74, 6) is 0.255. The molecule has 1 heterocycles. The molecule has 0 radical (unpaired) electrons. The van der Waals surface area contributed by atoms with Crippen molar-refractivity contribution in [3.8, 4) is 0 Å². The summed E-state index contributed by atoms with van der Waals surface area (Å²) in [6.45, 7) is 6.62. The highest BCUT2D eigenvalue weighted by Crippen LogP contribution is 2.14. The Labute approximate surface area is 128 Å². The molecule has 2 rings (SSSR count). The van der Waals surface area contributed by atoms with Gasteiger partial charge in [0.05, 0.1) is 6.04 Å². The van der Waals surface area contributed by atoms with Crippen LogP contribution in [0.1, 0.15) is 37.3 Å². The van der Waals surface area contributed by atoms with Crippen molar-refractivity contribution in [2.24, 2.45) is 0 Å². The number of carbonyl (C=O) groups excluding carboxylic acids is 1. The predicted molar refractivity (Wildman–Crippen MR) is 85.2 cm³/mol. The molecule has 1 N–H and O–H groups in total. The van der Waals surface area contributed by atoms with Crippen LogP contribution in [0.3, 0.4) is 0 Å². The molecule has 1 aromatic rings. The number of piperidine rings is 1. The number of nitrogens with zero attached hydrogens (tertiary/aromatic N) is 1. The molecule has 1 fully saturated rings. The van der Waals surface area contributed by atoms with E-state index in [1.54, 1.807) is 0 Å². The molecule has 3 nitrogen and oxygen atoms in total. The fraction of sp³-hybridized carbons (Fsp3) is 0.562. The second-order valence-corrected chi connectivity index (χ2v) is 5.28. The first kappa shape index (κ1) is 17.0. The van der Waals surface area contributed by atoms with E-state index >= 15 is 0 Å². The van der Waals surface area contributed by atoms with Crippen molar-refractivity contribution in [3.05, 3.63) is 35.4 Å². The highest BCUT2D eigenvalue weighted by atomic mass is 35.5. The van der Waals surface area contributed by atoms with Crippen LogP contribution in [0.5, 0.6) is 0 Å². The van der Waals surface area contributed by atoms with Gasteiger partial charge in [-0.25, -0.2) is 0 Å². The van der Waals surface area contributed by atoms with E-state index in [1.165, 1.54) is 17.5 Å². The van der Waals surface area contributed by atoms with Crippen LogP contribution in [-0.4, -0.2) is 29.9 Å². The Morgan fingerprint density at radius 1 is 1.35 bits per heavy atom. The molecule has 4 heteroatoms. The molecule has 0 aromatic heterocycles. The minimum atomic E-state index is 0. The highest BCUT2D eigenvalue weighted by molar-refractivity contribution is 5.85. The van der Waals surface area contributed by atoms with Gasteiger partial charge >= 0.3 is 0 Å². The first-order valence-electron chi connectivity index (χ1n) is 7.29. The lowest BCUT2D eigenvalue weighted by Crippen LogP contribution is -2.48. The van der Waals surface area contributed by atoms with E-state index in [0.717, 1.165) is 32.5 Å². The number of hydrogen-bond acceptors (Lipinski definition) is 2. The number of benzene rings is 1. The van der Waals surface area contributed by atoms with E-state index in [2.05, 4.69) is 31.3 Å². The van der Waals surface area contributed by atoms with Gasteiger partial charge in [-0.05, 0) is 44.4 Å². The zero-order valence-corrected chi connectivity index (χ0v) is 13.2. The number of nitrogens with one attached hydrogen (secondary N) is 1. The molecule has 0 spiro atoms. The Morgan fingerprint density at radius 3 is 2.70 bits per heavy atom. The molecule has 1 aromatic carbocycles. The van der Waals surface area contributed by atoms with Crippen LogP contribution >= 0.6 is 12.4 Å². The molecule has 0 bridgehead atoms. The van der Waals surface area contributed by atoms with Crippen molar-refractivity contribution in [2.45, 2.75) is 45.7 Å². The normalized spacial score (nSPS) is 18.2. The van der Waals surface area contributed by atoms with E-state index in [-0.39, 0.29) is 24.4 Å². The summed E-state index contributed by atoms with van der Waals surface area (Å²) < 4.78 is 0. The van der Waals surface area contributed by atoms with Gasteiger partial charge in [0.1, 0.15) is 0 Å². The van der Waals surface area contributed by atoms with Crippen LogP contribution in [0.4, 0.5) is 0 Å². The van der Waals surface area contributed by atoms with Crippen molar-refractivity contribution in [2.75, 3.05) is 13.1 Å². The summed E-state index contributed by atoms with van der Waals surface area (Å²) in [6.07, 6.45) is 3.32. The summed E-state index contributed by atoms with van der Waals surface area (Å²) in [6, 6.07) is 8.32. The molecule has 0 unspecified atom stereocenters. The Hall–Kier alpha value is -1.06. The summed E-state index contributed by atoms with van der Waals surface area (Å²) in [5, 5.41) is 3.34. The van der Waals surface area contributed by atoms with Crippen LogP contribution in [0, 0.1) is 6.92 Å². The molecule has 112 valence electrons. The molecule has 0 aliphatic carbocycles. The number of hydrogen-bond donors (Lipinski definition) is 1. The third-order valence-electron chi connectivity index (χ3n) is 3.92. The Bertz CT molecular complexity index is 430. The molecular formula is C16H25ClN2O. The number of rotatable bonds is 4. The van der Waals surface area contributed by atoms with E-state index in [1.807, 2.05) is 17.0 Å². The van der Waals surface area contributed by atoms with Gasteiger partial charge in [-0.2, -0.15) is 0 Å². The lowest BCUT2D eigenvalue weighted by Gasteiger charge is -2.29. The van der Waals surface area contributed by atoms with Gasteiger partial charge in [-0.15, -0.1) is 12.4 Å². The Morgan fingerprint density at radius 2 is 2.10 bits per heavy atom. The highest BCUT2D eigenvalue weighted by Gasteiger charge is 2.24. The maximum atomic E-state index is 12.5. The van der Waals surface area contributed by atoms with E-state index in [0.29, 0.717) is 0 Å². The zero-order valence-electron chi connectivity index (χ0n) is 12.4. The van der Waals surface area contributed by atoms with Crippen LogP contribution in [0.2, 0.25) is 0 Å². The second kappa shape index (κ2) is 8.28. The lowest BCUT2D eigenvalue weighted by atomic mass is 10.0. The topological polar surface area (TPSA) is 32.3 Å². The first-order chi connectivity index (χ1) is 9.22. The number of amides is 1. The zero-order chi connectivity index (χ0) is 13.7. The molecule has 20 heavy (non-hydrogen) atoms. The molecule has 0 saturated carbocycles. The third kappa shape index (κ3) is 4.22. The number of halogens is 1. The van der Waals surface area contributed by atoms with Crippen molar-refractivity contribution in [3.63, 3.8) is 0 Å². The molecule has 1 saturated heterocycles. The molecule has 1 atom stereocenters. The first-order valence-corrected chi connectivity index (χ1v) is 7.29. The minimum absolute atomic E-state index is 0.